The Bertz CT molecular complexity index is 413. The Morgan fingerprint density at radius 1 is 1.04 bits per heavy atom. The molecule has 0 saturated heterocycles. The van der Waals surface area contributed by atoms with E-state index in [-0.39, 0.29) is 5.91 Å². The largest absolute Gasteiger partial charge is 0.463 e. The van der Waals surface area contributed by atoms with Crippen LogP contribution in [0.15, 0.2) is 27.9 Å². The van der Waals surface area contributed by atoms with Gasteiger partial charge in [0.15, 0.2) is 0 Å². The molecule has 0 aliphatic rings. The van der Waals surface area contributed by atoms with Gasteiger partial charge in [0.1, 0.15) is 5.76 Å². The van der Waals surface area contributed by atoms with Gasteiger partial charge in [0, 0.05) is 6.42 Å². The number of rotatable bonds is 14. The first-order valence-electron chi connectivity index (χ1n) is 9.18. The quantitative estimate of drug-likeness (QED) is 0.282. The Morgan fingerprint density at radius 3 is 2.22 bits per heavy atom. The lowest BCUT2D eigenvalue weighted by molar-refractivity contribution is -0.121. The maximum Gasteiger partial charge on any atom is 0.240 e. The Kier molecular flexibility index (Phi) is 11.9. The van der Waals surface area contributed by atoms with Crippen LogP contribution in [0.25, 0.3) is 0 Å². The van der Waals surface area contributed by atoms with E-state index in [9.17, 15) is 4.79 Å². The highest BCUT2D eigenvalue weighted by molar-refractivity contribution is 5.80. The molecule has 1 aromatic rings. The summed E-state index contributed by atoms with van der Waals surface area (Å²) in [4.78, 5) is 11.6. The van der Waals surface area contributed by atoms with Crippen LogP contribution in [0, 0.1) is 0 Å². The zero-order valence-electron chi connectivity index (χ0n) is 14.6. The van der Waals surface area contributed by atoms with E-state index in [0.717, 1.165) is 12.8 Å². The molecular weight excluding hydrogens is 288 g/mol. The Balaban J connectivity index is 1.84. The molecule has 4 nitrogen and oxygen atoms in total. The molecule has 130 valence electrons. The van der Waals surface area contributed by atoms with E-state index in [2.05, 4.69) is 17.5 Å². The van der Waals surface area contributed by atoms with Crippen LogP contribution in [0.2, 0.25) is 0 Å². The summed E-state index contributed by atoms with van der Waals surface area (Å²) in [5, 5.41) is 3.87. The SMILES string of the molecule is CCCCCCCCCCCCCC(=O)NN=Cc1ccco1. The van der Waals surface area contributed by atoms with Crippen LogP contribution >= 0.6 is 0 Å². The zero-order chi connectivity index (χ0) is 16.6. The summed E-state index contributed by atoms with van der Waals surface area (Å²) in [7, 11) is 0. The third-order valence-electron chi connectivity index (χ3n) is 3.93. The van der Waals surface area contributed by atoms with Crippen LogP contribution in [0.3, 0.4) is 0 Å². The molecule has 0 spiro atoms. The molecule has 0 aliphatic heterocycles. The smallest absolute Gasteiger partial charge is 0.240 e. The second kappa shape index (κ2) is 14.0. The van der Waals surface area contributed by atoms with Crippen LogP contribution in [0.1, 0.15) is 89.7 Å². The molecule has 0 unspecified atom stereocenters. The van der Waals surface area contributed by atoms with Gasteiger partial charge in [0.25, 0.3) is 0 Å². The van der Waals surface area contributed by atoms with E-state index in [0.29, 0.717) is 12.2 Å². The highest BCUT2D eigenvalue weighted by atomic mass is 16.3. The highest BCUT2D eigenvalue weighted by Crippen LogP contribution is 2.11. The van der Waals surface area contributed by atoms with Crippen molar-refractivity contribution < 1.29 is 9.21 Å². The van der Waals surface area contributed by atoms with Gasteiger partial charge in [-0.2, -0.15) is 5.10 Å². The van der Waals surface area contributed by atoms with E-state index in [1.54, 1.807) is 18.4 Å². The molecule has 1 aromatic heterocycles. The first-order valence-corrected chi connectivity index (χ1v) is 9.18. The molecule has 0 fully saturated rings. The number of hydrogen-bond acceptors (Lipinski definition) is 3. The van der Waals surface area contributed by atoms with Crippen molar-refractivity contribution >= 4 is 12.1 Å². The molecule has 1 heterocycles. The fraction of sp³-hybridized carbons (Fsp3) is 0.684. The molecule has 0 bridgehead atoms. The van der Waals surface area contributed by atoms with Crippen molar-refractivity contribution in [2.75, 3.05) is 0 Å². The molecule has 23 heavy (non-hydrogen) atoms. The number of carbonyl (C=O) groups excluding carboxylic acids is 1. The molecular formula is C19H32N2O2. The van der Waals surface area contributed by atoms with Crippen molar-refractivity contribution in [1.29, 1.82) is 0 Å². The maximum absolute atomic E-state index is 11.6. The molecule has 1 amide bonds. The predicted octanol–water partition coefficient (Wildman–Crippen LogP) is 5.43. The summed E-state index contributed by atoms with van der Waals surface area (Å²) in [5.41, 5.74) is 2.53. The number of furan rings is 1. The van der Waals surface area contributed by atoms with Gasteiger partial charge in [-0.1, -0.05) is 71.1 Å². The number of hydrogen-bond donors (Lipinski definition) is 1. The highest BCUT2D eigenvalue weighted by Gasteiger charge is 1.99. The minimum atomic E-state index is -0.0243. The fourth-order valence-electron chi connectivity index (χ4n) is 2.54. The lowest BCUT2D eigenvalue weighted by Gasteiger charge is -2.02. The summed E-state index contributed by atoms with van der Waals surface area (Å²) in [6.07, 6.45) is 17.8. The summed E-state index contributed by atoms with van der Waals surface area (Å²) < 4.78 is 5.09. The van der Waals surface area contributed by atoms with Crippen LogP contribution in [0.4, 0.5) is 0 Å². The van der Waals surface area contributed by atoms with Crippen LogP contribution in [0.5, 0.6) is 0 Å². The normalized spacial score (nSPS) is 11.2. The summed E-state index contributed by atoms with van der Waals surface area (Å²) in [6.45, 7) is 2.26. The molecule has 0 radical (unpaired) electrons. The van der Waals surface area contributed by atoms with Gasteiger partial charge in [0.2, 0.25) is 5.91 Å². The summed E-state index contributed by atoms with van der Waals surface area (Å²) in [5.74, 6) is 0.615. The maximum atomic E-state index is 11.6. The lowest BCUT2D eigenvalue weighted by atomic mass is 10.1. The van der Waals surface area contributed by atoms with Crippen molar-refractivity contribution in [3.63, 3.8) is 0 Å². The van der Waals surface area contributed by atoms with Crippen molar-refractivity contribution in [3.8, 4) is 0 Å². The van der Waals surface area contributed by atoms with Gasteiger partial charge in [-0.15, -0.1) is 0 Å². The van der Waals surface area contributed by atoms with E-state index in [1.165, 1.54) is 64.0 Å². The summed E-state index contributed by atoms with van der Waals surface area (Å²) >= 11 is 0. The minimum Gasteiger partial charge on any atom is -0.463 e. The second-order valence-electron chi connectivity index (χ2n) is 6.09. The number of amides is 1. The lowest BCUT2D eigenvalue weighted by Crippen LogP contribution is -2.16. The van der Waals surface area contributed by atoms with Crippen LogP contribution < -0.4 is 5.43 Å². The predicted molar refractivity (Wildman–Crippen MR) is 95.5 cm³/mol. The molecule has 0 aliphatic carbocycles. The number of unbranched alkanes of at least 4 members (excludes halogenated alkanes) is 10. The molecule has 4 heteroatoms. The van der Waals surface area contributed by atoms with Crippen LogP contribution in [-0.4, -0.2) is 12.1 Å². The van der Waals surface area contributed by atoms with Crippen molar-refractivity contribution in [1.82, 2.24) is 5.43 Å². The van der Waals surface area contributed by atoms with E-state index in [4.69, 9.17) is 4.42 Å². The Hall–Kier alpha value is -1.58. The number of hydrazone groups is 1. The number of carbonyl (C=O) groups is 1. The Morgan fingerprint density at radius 2 is 1.65 bits per heavy atom. The van der Waals surface area contributed by atoms with E-state index >= 15 is 0 Å². The number of nitrogens with one attached hydrogen (secondary N) is 1. The van der Waals surface area contributed by atoms with E-state index in [1.807, 2.05) is 0 Å². The molecule has 0 saturated carbocycles. The van der Waals surface area contributed by atoms with Crippen molar-refractivity contribution in [2.45, 2.75) is 84.0 Å². The average Bonchev–Trinajstić information content (AvgIpc) is 3.06. The average molecular weight is 320 g/mol. The van der Waals surface area contributed by atoms with Gasteiger partial charge in [-0.3, -0.25) is 4.79 Å². The fourth-order valence-corrected chi connectivity index (χ4v) is 2.54. The molecule has 0 atom stereocenters. The third kappa shape index (κ3) is 11.6. The zero-order valence-corrected chi connectivity index (χ0v) is 14.6. The topological polar surface area (TPSA) is 54.6 Å². The summed E-state index contributed by atoms with van der Waals surface area (Å²) in [6, 6.07) is 3.58. The first-order chi connectivity index (χ1) is 11.3. The van der Waals surface area contributed by atoms with E-state index < -0.39 is 0 Å². The first kappa shape index (κ1) is 19.5. The van der Waals surface area contributed by atoms with Crippen molar-refractivity contribution in [3.05, 3.63) is 24.2 Å². The second-order valence-corrected chi connectivity index (χ2v) is 6.09. The molecule has 1 N–H and O–H groups in total. The third-order valence-corrected chi connectivity index (χ3v) is 3.93. The minimum absolute atomic E-state index is 0.0243. The monoisotopic (exact) mass is 320 g/mol. The van der Waals surface area contributed by atoms with Gasteiger partial charge < -0.3 is 4.42 Å². The molecule has 1 rings (SSSR count). The Labute approximate surface area is 140 Å². The van der Waals surface area contributed by atoms with Gasteiger partial charge in [-0.05, 0) is 18.6 Å². The standard InChI is InChI=1S/C19H32N2O2/c1-2-3-4-5-6-7-8-9-10-11-12-15-19(22)21-20-17-18-14-13-16-23-18/h13-14,16-17H,2-12,15H2,1H3,(H,21,22). The number of nitrogens with zero attached hydrogens (tertiary/aromatic N) is 1. The van der Waals surface area contributed by atoms with Crippen LogP contribution in [-0.2, 0) is 4.79 Å². The van der Waals surface area contributed by atoms with Gasteiger partial charge in [-0.25, -0.2) is 5.43 Å². The van der Waals surface area contributed by atoms with Gasteiger partial charge in [0.05, 0.1) is 12.5 Å². The van der Waals surface area contributed by atoms with Gasteiger partial charge >= 0.3 is 0 Å². The van der Waals surface area contributed by atoms with Crippen molar-refractivity contribution in [2.24, 2.45) is 5.10 Å². The molecule has 0 aromatic carbocycles.